The Morgan fingerprint density at radius 1 is 1.32 bits per heavy atom. The molecule has 1 unspecified atom stereocenters. The van der Waals surface area contributed by atoms with Crippen molar-refractivity contribution < 1.29 is 17.6 Å². The summed E-state index contributed by atoms with van der Waals surface area (Å²) in [5.74, 6) is -0.363. The number of aromatic nitrogens is 2. The minimum Gasteiger partial charge on any atom is -0.344 e. The predicted molar refractivity (Wildman–Crippen MR) is 118 cm³/mol. The third-order valence-corrected chi connectivity index (χ3v) is 7.70. The lowest BCUT2D eigenvalue weighted by molar-refractivity contribution is -0.134. The molecule has 0 aliphatic carbocycles. The summed E-state index contributed by atoms with van der Waals surface area (Å²) in [7, 11) is -1.68. The lowest BCUT2D eigenvalue weighted by atomic mass is 10.0. The van der Waals surface area contributed by atoms with Crippen molar-refractivity contribution in [1.29, 1.82) is 0 Å². The Labute approximate surface area is 183 Å². The van der Waals surface area contributed by atoms with Crippen LogP contribution in [-0.2, 0) is 21.2 Å². The number of piperidine rings is 1. The van der Waals surface area contributed by atoms with Gasteiger partial charge in [-0.1, -0.05) is 25.5 Å². The molecule has 1 saturated heterocycles. The van der Waals surface area contributed by atoms with Gasteiger partial charge in [-0.25, -0.2) is 12.8 Å². The number of sulfonamides is 1. The zero-order chi connectivity index (χ0) is 22.4. The van der Waals surface area contributed by atoms with Gasteiger partial charge in [0.15, 0.2) is 0 Å². The summed E-state index contributed by atoms with van der Waals surface area (Å²) >= 11 is 0. The summed E-state index contributed by atoms with van der Waals surface area (Å²) in [4.78, 5) is 14.6. The average Bonchev–Trinajstić information content (AvgIpc) is 3.22. The highest BCUT2D eigenvalue weighted by Crippen LogP contribution is 2.23. The van der Waals surface area contributed by atoms with Crippen molar-refractivity contribution in [2.24, 2.45) is 0 Å². The first kappa shape index (κ1) is 23.4. The number of amides is 1. The Hall–Kier alpha value is -2.26. The lowest BCUT2D eigenvalue weighted by Crippen LogP contribution is -2.52. The maximum atomic E-state index is 13.4. The Balaban J connectivity index is 1.55. The Morgan fingerprint density at radius 2 is 2.13 bits per heavy atom. The van der Waals surface area contributed by atoms with Crippen molar-refractivity contribution in [3.8, 4) is 11.3 Å². The number of carbonyl (C=O) groups excluding carboxylic acids is 1. The van der Waals surface area contributed by atoms with E-state index in [0.29, 0.717) is 50.0 Å². The first-order chi connectivity index (χ1) is 14.8. The maximum Gasteiger partial charge on any atom is 0.240 e. The van der Waals surface area contributed by atoms with Gasteiger partial charge in [-0.05, 0) is 50.3 Å². The SMILES string of the molecule is CCCS(=O)(=O)N1CCCCC1C(=O)N(C)CCCc1cc(-c2cccc(F)c2)n[nH]1. The summed E-state index contributed by atoms with van der Waals surface area (Å²) < 4.78 is 40.0. The molecule has 2 aromatic rings. The van der Waals surface area contributed by atoms with Gasteiger partial charge in [0.1, 0.15) is 11.9 Å². The van der Waals surface area contributed by atoms with Gasteiger partial charge >= 0.3 is 0 Å². The first-order valence-corrected chi connectivity index (χ1v) is 12.5. The molecule has 1 aromatic carbocycles. The zero-order valence-corrected chi connectivity index (χ0v) is 19.0. The van der Waals surface area contributed by atoms with Crippen molar-refractivity contribution in [1.82, 2.24) is 19.4 Å². The average molecular weight is 451 g/mol. The van der Waals surface area contributed by atoms with E-state index in [4.69, 9.17) is 0 Å². The van der Waals surface area contributed by atoms with Crippen LogP contribution in [0.3, 0.4) is 0 Å². The van der Waals surface area contributed by atoms with Gasteiger partial charge in [0.2, 0.25) is 15.9 Å². The van der Waals surface area contributed by atoms with Gasteiger partial charge in [-0.2, -0.15) is 9.40 Å². The van der Waals surface area contributed by atoms with Crippen LogP contribution < -0.4 is 0 Å². The second-order valence-electron chi connectivity index (χ2n) is 8.09. The number of aryl methyl sites for hydroxylation is 1. The standard InChI is InChI=1S/C22H31FN4O3S/c1-3-14-31(29,30)27-13-5-4-11-21(27)22(28)26(2)12-7-10-19-16-20(25-24-19)17-8-6-9-18(23)15-17/h6,8-9,15-16,21H,3-5,7,10-14H2,1-2H3,(H,24,25). The molecule has 1 aromatic heterocycles. The van der Waals surface area contributed by atoms with E-state index in [1.165, 1.54) is 16.4 Å². The highest BCUT2D eigenvalue weighted by Gasteiger charge is 2.37. The number of hydrogen-bond acceptors (Lipinski definition) is 4. The number of aromatic amines is 1. The first-order valence-electron chi connectivity index (χ1n) is 10.9. The summed E-state index contributed by atoms with van der Waals surface area (Å²) in [6, 6.07) is 7.57. The number of hydrogen-bond donors (Lipinski definition) is 1. The van der Waals surface area contributed by atoms with Crippen LogP contribution in [0, 0.1) is 5.82 Å². The van der Waals surface area contributed by atoms with Crippen LogP contribution >= 0.6 is 0 Å². The number of halogens is 1. The highest BCUT2D eigenvalue weighted by atomic mass is 32.2. The zero-order valence-electron chi connectivity index (χ0n) is 18.2. The second-order valence-corrected chi connectivity index (χ2v) is 10.1. The lowest BCUT2D eigenvalue weighted by Gasteiger charge is -2.35. The molecular weight excluding hydrogens is 419 g/mol. The molecule has 3 rings (SSSR count). The largest absolute Gasteiger partial charge is 0.344 e. The monoisotopic (exact) mass is 450 g/mol. The van der Waals surface area contributed by atoms with Crippen LogP contribution in [0.25, 0.3) is 11.3 Å². The quantitative estimate of drug-likeness (QED) is 0.636. The van der Waals surface area contributed by atoms with E-state index in [1.54, 1.807) is 24.1 Å². The maximum absolute atomic E-state index is 13.4. The minimum absolute atomic E-state index is 0.0773. The normalized spacial score (nSPS) is 17.6. The third kappa shape index (κ3) is 5.92. The van der Waals surface area contributed by atoms with E-state index in [2.05, 4.69) is 10.2 Å². The van der Waals surface area contributed by atoms with Gasteiger partial charge < -0.3 is 4.90 Å². The highest BCUT2D eigenvalue weighted by molar-refractivity contribution is 7.89. The number of nitrogens with one attached hydrogen (secondary N) is 1. The number of likely N-dealkylation sites (N-methyl/N-ethyl adjacent to an activating group) is 1. The van der Waals surface area contributed by atoms with Crippen molar-refractivity contribution >= 4 is 15.9 Å². The molecule has 1 atom stereocenters. The Bertz CT molecular complexity index is 992. The fourth-order valence-electron chi connectivity index (χ4n) is 4.02. The molecule has 0 saturated carbocycles. The number of nitrogens with zero attached hydrogens (tertiary/aromatic N) is 3. The van der Waals surface area contributed by atoms with Gasteiger partial charge in [-0.3, -0.25) is 9.89 Å². The molecule has 1 aliphatic rings. The number of H-pyrrole nitrogens is 1. The summed E-state index contributed by atoms with van der Waals surface area (Å²) in [5.41, 5.74) is 2.29. The Kier molecular flexibility index (Phi) is 7.83. The van der Waals surface area contributed by atoms with Crippen molar-refractivity contribution in [2.45, 2.75) is 51.5 Å². The van der Waals surface area contributed by atoms with Crippen LogP contribution in [0.1, 0.15) is 44.7 Å². The number of benzene rings is 1. The molecule has 1 N–H and O–H groups in total. The van der Waals surface area contributed by atoms with Gasteiger partial charge in [0.25, 0.3) is 0 Å². The molecule has 31 heavy (non-hydrogen) atoms. The van der Waals surface area contributed by atoms with Crippen LogP contribution in [-0.4, -0.2) is 65.7 Å². The molecule has 170 valence electrons. The fraction of sp³-hybridized carbons (Fsp3) is 0.545. The molecule has 7 nitrogen and oxygen atoms in total. The molecule has 0 spiro atoms. The topological polar surface area (TPSA) is 86.4 Å². The number of carbonyl (C=O) groups is 1. The van der Waals surface area contributed by atoms with Crippen molar-refractivity contribution in [3.05, 3.63) is 41.8 Å². The molecule has 2 heterocycles. The van der Waals surface area contributed by atoms with Gasteiger partial charge in [0, 0.05) is 31.4 Å². The summed E-state index contributed by atoms with van der Waals surface area (Å²) in [6.45, 7) is 2.77. The molecule has 1 fully saturated rings. The van der Waals surface area contributed by atoms with Gasteiger partial charge in [-0.15, -0.1) is 0 Å². The molecule has 0 radical (unpaired) electrons. The molecule has 1 aliphatic heterocycles. The molecule has 9 heteroatoms. The Morgan fingerprint density at radius 3 is 2.87 bits per heavy atom. The van der Waals surface area contributed by atoms with Crippen molar-refractivity contribution in [2.75, 3.05) is 25.9 Å². The van der Waals surface area contributed by atoms with Crippen LogP contribution in [0.5, 0.6) is 0 Å². The van der Waals surface area contributed by atoms with Crippen LogP contribution in [0.4, 0.5) is 4.39 Å². The fourth-order valence-corrected chi connectivity index (χ4v) is 5.76. The predicted octanol–water partition coefficient (Wildman–Crippen LogP) is 3.20. The van der Waals surface area contributed by atoms with E-state index in [9.17, 15) is 17.6 Å². The third-order valence-electron chi connectivity index (χ3n) is 5.63. The van der Waals surface area contributed by atoms with Crippen LogP contribution in [0.15, 0.2) is 30.3 Å². The molecule has 0 bridgehead atoms. The van der Waals surface area contributed by atoms with E-state index in [-0.39, 0.29) is 17.5 Å². The summed E-state index contributed by atoms with van der Waals surface area (Å²) in [6.07, 6.45) is 4.16. The molecule has 1 amide bonds. The molecular formula is C22H31FN4O3S. The van der Waals surface area contributed by atoms with E-state index in [1.807, 2.05) is 13.0 Å². The van der Waals surface area contributed by atoms with Gasteiger partial charge in [0.05, 0.1) is 11.4 Å². The number of rotatable bonds is 9. The van der Waals surface area contributed by atoms with Crippen LogP contribution in [0.2, 0.25) is 0 Å². The van der Waals surface area contributed by atoms with E-state index >= 15 is 0 Å². The van der Waals surface area contributed by atoms with E-state index in [0.717, 1.165) is 18.5 Å². The smallest absolute Gasteiger partial charge is 0.240 e. The minimum atomic E-state index is -3.41. The van der Waals surface area contributed by atoms with Crippen molar-refractivity contribution in [3.63, 3.8) is 0 Å². The second kappa shape index (κ2) is 10.4. The summed E-state index contributed by atoms with van der Waals surface area (Å²) in [5, 5.41) is 7.21. The van der Waals surface area contributed by atoms with E-state index < -0.39 is 16.1 Å².